The van der Waals surface area contributed by atoms with Gasteiger partial charge >= 0.3 is 87.8 Å². The van der Waals surface area contributed by atoms with Crippen LogP contribution in [-0.2, 0) is 31.1 Å². The molecule has 0 saturated carbocycles. The van der Waals surface area contributed by atoms with Crippen LogP contribution in [0.25, 0.3) is 0 Å². The van der Waals surface area contributed by atoms with Crippen molar-refractivity contribution in [2.45, 2.75) is 12.8 Å². The quantitative estimate of drug-likeness (QED) is 0.502. The summed E-state index contributed by atoms with van der Waals surface area (Å²) in [5.74, 6) is 0. The molecule has 13 heavy (non-hydrogen) atoms. The average Bonchev–Trinajstić information content (AvgIpc) is 2.37. The molecular formula is C10H11ClSZn. The second-order valence-electron chi connectivity index (χ2n) is 2.65. The normalized spacial score (nSPS) is 9.08. The first-order valence-electron chi connectivity index (χ1n) is 3.92. The minimum atomic E-state index is 0. The van der Waals surface area contributed by atoms with Crippen molar-refractivity contribution in [1.29, 1.82) is 0 Å². The summed E-state index contributed by atoms with van der Waals surface area (Å²) in [7, 11) is 0. The van der Waals surface area contributed by atoms with Crippen LogP contribution >= 0.6 is 11.3 Å². The molecule has 0 aliphatic heterocycles. The van der Waals surface area contributed by atoms with Gasteiger partial charge in [-0.2, -0.15) is 0 Å². The Morgan fingerprint density at radius 3 is 2.46 bits per heavy atom. The molecule has 0 atom stereocenters. The molecule has 3 heteroatoms. The number of allylic oxidation sites excluding steroid dienone is 2. The Labute approximate surface area is 99.8 Å². The minimum Gasteiger partial charge on any atom is -1.00 e. The first-order chi connectivity index (χ1) is 5.79. The smallest absolute Gasteiger partial charge is 1.00 e. The van der Waals surface area contributed by atoms with Gasteiger partial charge in [-0.3, -0.25) is 0 Å². The van der Waals surface area contributed by atoms with Crippen molar-refractivity contribution in [3.63, 3.8) is 0 Å². The van der Waals surface area contributed by atoms with Crippen LogP contribution in [-0.4, -0.2) is 0 Å². The van der Waals surface area contributed by atoms with Gasteiger partial charge in [0.15, 0.2) is 0 Å². The molecular weight excluding hydrogens is 253 g/mol. The number of hydrogen-bond donors (Lipinski definition) is 0. The first kappa shape index (κ1) is 13.1. The maximum absolute atomic E-state index is 3.77. The van der Waals surface area contributed by atoms with E-state index in [1.54, 1.807) is 0 Å². The van der Waals surface area contributed by atoms with Crippen molar-refractivity contribution in [3.8, 4) is 0 Å². The van der Waals surface area contributed by atoms with Gasteiger partial charge in [-0.1, -0.05) is 0 Å². The third kappa shape index (κ3) is 3.38. The summed E-state index contributed by atoms with van der Waals surface area (Å²) < 4.78 is 1.53. The fraction of sp³-hybridized carbons (Fsp3) is 0.200. The maximum Gasteiger partial charge on any atom is -1.00 e. The van der Waals surface area contributed by atoms with Gasteiger partial charge in [0.25, 0.3) is 0 Å². The van der Waals surface area contributed by atoms with E-state index in [-0.39, 0.29) is 12.4 Å². The monoisotopic (exact) mass is 262 g/mol. The molecule has 0 aliphatic rings. The molecule has 0 aromatic carbocycles. The van der Waals surface area contributed by atoms with Crippen LogP contribution in [0.2, 0.25) is 0 Å². The van der Waals surface area contributed by atoms with Gasteiger partial charge in [0, 0.05) is 0 Å². The Morgan fingerprint density at radius 2 is 1.92 bits per heavy atom. The van der Waals surface area contributed by atoms with E-state index in [4.69, 9.17) is 0 Å². The molecule has 0 N–H and O–H groups in total. The van der Waals surface area contributed by atoms with Crippen LogP contribution in [0.4, 0.5) is 0 Å². The zero-order valence-corrected chi connectivity index (χ0v) is 12.1. The third-order valence-electron chi connectivity index (χ3n) is 1.78. The summed E-state index contributed by atoms with van der Waals surface area (Å²) in [6.45, 7) is 7.53. The van der Waals surface area contributed by atoms with E-state index in [0.717, 1.165) is 12.8 Å². The summed E-state index contributed by atoms with van der Waals surface area (Å²) in [6, 6.07) is 0. The Kier molecular flexibility index (Phi) is 6.58. The fourth-order valence-electron chi connectivity index (χ4n) is 1.18. The van der Waals surface area contributed by atoms with Gasteiger partial charge in [0.2, 0.25) is 0 Å². The molecule has 0 spiro atoms. The van der Waals surface area contributed by atoms with E-state index >= 15 is 0 Å². The fourth-order valence-corrected chi connectivity index (χ4v) is 3.36. The Bertz CT molecular complexity index is 291. The number of halogens is 1. The Morgan fingerprint density at radius 1 is 1.31 bits per heavy atom. The van der Waals surface area contributed by atoms with Gasteiger partial charge < -0.3 is 12.4 Å². The van der Waals surface area contributed by atoms with Crippen molar-refractivity contribution >= 4 is 14.8 Å². The molecule has 0 nitrogen and oxygen atoms in total. The van der Waals surface area contributed by atoms with E-state index in [0.29, 0.717) is 0 Å². The van der Waals surface area contributed by atoms with Gasteiger partial charge in [-0.25, -0.2) is 0 Å². The molecule has 0 fully saturated rings. The molecule has 0 aliphatic carbocycles. The number of thiophene rings is 1. The largest absolute Gasteiger partial charge is 1.00 e. The van der Waals surface area contributed by atoms with Gasteiger partial charge in [-0.15, -0.1) is 0 Å². The molecule has 0 unspecified atom stereocenters. The second kappa shape index (κ2) is 6.53. The molecule has 0 bridgehead atoms. The molecule has 66 valence electrons. The van der Waals surface area contributed by atoms with Crippen LogP contribution in [0.1, 0.15) is 11.1 Å². The van der Waals surface area contributed by atoms with Crippen LogP contribution < -0.4 is 15.9 Å². The summed E-state index contributed by atoms with van der Waals surface area (Å²) in [6.07, 6.45) is 5.96. The van der Waals surface area contributed by atoms with Crippen LogP contribution in [0.15, 0.2) is 30.7 Å². The van der Waals surface area contributed by atoms with Gasteiger partial charge in [0.1, 0.15) is 0 Å². The first-order valence-corrected chi connectivity index (χ1v) is 6.29. The van der Waals surface area contributed by atoms with Crippen molar-refractivity contribution in [3.05, 3.63) is 41.8 Å². The second-order valence-corrected chi connectivity index (χ2v) is 6.17. The molecule has 1 rings (SSSR count). The van der Waals surface area contributed by atoms with Crippen LogP contribution in [0.5, 0.6) is 0 Å². The maximum atomic E-state index is 3.77. The standard InChI is InChI=1S/C10H11S.ClH.Zn/c1-3-5-9-7-11-8-10(9)6-4-2;;/h3-4,7H,1-2,5-6H2;1H;/q;;+1/p-1. The summed E-state index contributed by atoms with van der Waals surface area (Å²) in [5, 5.41) is 2.25. The topological polar surface area (TPSA) is 0 Å². The predicted molar refractivity (Wildman–Crippen MR) is 51.8 cm³/mol. The van der Waals surface area contributed by atoms with Crippen molar-refractivity contribution in [1.82, 2.24) is 0 Å². The Balaban J connectivity index is 0.00000144. The molecule has 1 heterocycles. The zero-order chi connectivity index (χ0) is 8.97. The summed E-state index contributed by atoms with van der Waals surface area (Å²) in [5.41, 5.74) is 2.94. The summed E-state index contributed by atoms with van der Waals surface area (Å²) >= 11 is 3.13. The SMILES string of the molecule is C=CCc1cs[c]([Zn+])c1CC=C.[Cl-]. The number of rotatable bonds is 4. The number of hydrogen-bond acceptors (Lipinski definition) is 1. The van der Waals surface area contributed by atoms with Gasteiger partial charge in [0.05, 0.1) is 0 Å². The molecule has 1 aromatic rings. The predicted octanol–water partition coefficient (Wildman–Crippen LogP) is -0.619. The average molecular weight is 264 g/mol. The molecule has 0 radical (unpaired) electrons. The van der Waals surface area contributed by atoms with E-state index in [9.17, 15) is 0 Å². The third-order valence-corrected chi connectivity index (χ3v) is 4.66. The van der Waals surface area contributed by atoms with E-state index in [1.807, 2.05) is 23.5 Å². The minimum absolute atomic E-state index is 0. The van der Waals surface area contributed by atoms with Crippen molar-refractivity contribution in [2.75, 3.05) is 0 Å². The molecule has 0 amide bonds. The Hall–Kier alpha value is 0.0934. The van der Waals surface area contributed by atoms with E-state index in [1.165, 1.54) is 32.9 Å². The van der Waals surface area contributed by atoms with E-state index in [2.05, 4.69) is 18.5 Å². The zero-order valence-electron chi connectivity index (χ0n) is 7.55. The molecule has 0 saturated heterocycles. The van der Waals surface area contributed by atoms with Crippen LogP contribution in [0.3, 0.4) is 0 Å². The summed E-state index contributed by atoms with van der Waals surface area (Å²) in [4.78, 5) is 0. The van der Waals surface area contributed by atoms with Crippen molar-refractivity contribution < 1.29 is 30.7 Å². The molecule has 1 aromatic heterocycles. The van der Waals surface area contributed by atoms with Crippen LogP contribution in [0, 0.1) is 0 Å². The van der Waals surface area contributed by atoms with E-state index < -0.39 is 0 Å². The van der Waals surface area contributed by atoms with Gasteiger partial charge in [-0.05, 0) is 0 Å². The van der Waals surface area contributed by atoms with Crippen molar-refractivity contribution in [2.24, 2.45) is 0 Å².